The van der Waals surface area contributed by atoms with Gasteiger partial charge in [0.25, 0.3) is 0 Å². The van der Waals surface area contributed by atoms with Crippen molar-refractivity contribution in [3.05, 3.63) is 34.7 Å². The average Bonchev–Trinajstić information content (AvgIpc) is 2.94. The van der Waals surface area contributed by atoms with E-state index in [-0.39, 0.29) is 11.7 Å². The van der Waals surface area contributed by atoms with Gasteiger partial charge in [-0.2, -0.15) is 0 Å². The molecule has 0 spiro atoms. The number of aromatic nitrogens is 2. The Morgan fingerprint density at radius 2 is 1.84 bits per heavy atom. The topological polar surface area (TPSA) is 61.3 Å². The van der Waals surface area contributed by atoms with Crippen molar-refractivity contribution >= 4 is 11.0 Å². The minimum atomic E-state index is -0.503. The fourth-order valence-corrected chi connectivity index (χ4v) is 4.65. The van der Waals surface area contributed by atoms with Crippen LogP contribution in [-0.2, 0) is 0 Å². The lowest BCUT2D eigenvalue weighted by Gasteiger charge is -2.41. The first-order valence-electron chi connectivity index (χ1n) is 9.68. The number of hydrogen-bond acceptors (Lipinski definition) is 3. The second-order valence-corrected chi connectivity index (χ2v) is 8.23. The number of hydrogen-bond donors (Lipinski definition) is 2. The van der Waals surface area contributed by atoms with Crippen LogP contribution in [0.4, 0.5) is 0 Å². The van der Waals surface area contributed by atoms with Gasteiger partial charge in [-0.3, -0.25) is 4.57 Å². The van der Waals surface area contributed by atoms with Crippen LogP contribution in [0.3, 0.4) is 0 Å². The summed E-state index contributed by atoms with van der Waals surface area (Å²) < 4.78 is 1.93. The molecule has 0 bridgehead atoms. The monoisotopic (exact) mass is 343 g/mol. The highest BCUT2D eigenvalue weighted by Crippen LogP contribution is 2.34. The van der Waals surface area contributed by atoms with E-state index < -0.39 is 5.60 Å². The largest absolute Gasteiger partial charge is 0.389 e. The Hall–Kier alpha value is -1.59. The molecule has 4 rings (SSSR count). The fraction of sp³-hybridized carbons (Fsp3) is 0.650. The molecule has 1 saturated heterocycles. The number of fused-ring (bicyclic) bond motifs is 1. The van der Waals surface area contributed by atoms with Crippen molar-refractivity contribution < 1.29 is 5.11 Å². The van der Waals surface area contributed by atoms with Gasteiger partial charge in [0.05, 0.1) is 16.6 Å². The highest BCUT2D eigenvalue weighted by Gasteiger charge is 2.35. The number of nitrogens with one attached hydrogen (secondary N) is 1. The Kier molecular flexibility index (Phi) is 4.46. The molecule has 0 amide bonds. The van der Waals surface area contributed by atoms with Crippen LogP contribution in [0, 0.1) is 5.92 Å². The number of benzene rings is 1. The van der Waals surface area contributed by atoms with Gasteiger partial charge in [0, 0.05) is 25.7 Å². The summed E-state index contributed by atoms with van der Waals surface area (Å²) in [5.74, 6) is 0.750. The first-order chi connectivity index (χ1) is 12.0. The number of aliphatic hydroxyl groups is 1. The predicted molar refractivity (Wildman–Crippen MR) is 99.9 cm³/mol. The quantitative estimate of drug-likeness (QED) is 0.901. The molecule has 1 saturated carbocycles. The molecule has 2 N–H and O–H groups in total. The number of β-amino-alcohol motifs (C(OH)–C–C–N with tert-alkyl or cyclic N) is 1. The molecular weight excluding hydrogens is 314 g/mol. The zero-order valence-corrected chi connectivity index (χ0v) is 15.1. The van der Waals surface area contributed by atoms with Gasteiger partial charge in [-0.05, 0) is 56.6 Å². The molecule has 25 heavy (non-hydrogen) atoms. The minimum absolute atomic E-state index is 0.000420. The van der Waals surface area contributed by atoms with E-state index >= 15 is 0 Å². The first kappa shape index (κ1) is 16.9. The number of rotatable bonds is 3. The Morgan fingerprint density at radius 3 is 2.56 bits per heavy atom. The molecule has 2 aliphatic rings. The Morgan fingerprint density at radius 1 is 1.16 bits per heavy atom. The van der Waals surface area contributed by atoms with Gasteiger partial charge in [-0.25, -0.2) is 4.79 Å². The number of piperidine rings is 1. The molecule has 2 aromatic rings. The van der Waals surface area contributed by atoms with Gasteiger partial charge >= 0.3 is 5.69 Å². The second kappa shape index (κ2) is 6.61. The van der Waals surface area contributed by atoms with Crippen molar-refractivity contribution in [3.63, 3.8) is 0 Å². The van der Waals surface area contributed by atoms with E-state index in [4.69, 9.17) is 0 Å². The second-order valence-electron chi connectivity index (χ2n) is 8.23. The first-order valence-corrected chi connectivity index (χ1v) is 9.68. The van der Waals surface area contributed by atoms with Crippen LogP contribution >= 0.6 is 0 Å². The molecule has 5 heteroatoms. The zero-order chi connectivity index (χ0) is 17.4. The summed E-state index contributed by atoms with van der Waals surface area (Å²) >= 11 is 0. The van der Waals surface area contributed by atoms with Crippen LogP contribution < -0.4 is 5.69 Å². The standard InChI is InChI=1S/C20H29N3O2/c1-15-6-10-20(25,11-7-15)14-22-12-8-16(9-13-22)23-18-5-3-2-4-17(18)21-19(23)24/h2-5,15-16,25H,6-14H2,1H3,(H,21,24). The lowest BCUT2D eigenvalue weighted by molar-refractivity contribution is -0.0404. The van der Waals surface area contributed by atoms with Gasteiger partial charge in [-0.15, -0.1) is 0 Å². The molecule has 0 unspecified atom stereocenters. The van der Waals surface area contributed by atoms with Crippen molar-refractivity contribution in [1.82, 2.24) is 14.5 Å². The molecule has 1 aliphatic carbocycles. The van der Waals surface area contributed by atoms with E-state index in [1.165, 1.54) is 0 Å². The maximum Gasteiger partial charge on any atom is 0.326 e. The zero-order valence-electron chi connectivity index (χ0n) is 15.1. The number of imidazole rings is 1. The molecule has 2 heterocycles. The van der Waals surface area contributed by atoms with E-state index in [9.17, 15) is 9.90 Å². The van der Waals surface area contributed by atoms with E-state index in [0.717, 1.165) is 75.1 Å². The number of H-pyrrole nitrogens is 1. The fourth-order valence-electron chi connectivity index (χ4n) is 4.65. The lowest BCUT2D eigenvalue weighted by atomic mass is 9.79. The van der Waals surface area contributed by atoms with Crippen LogP contribution in [0.2, 0.25) is 0 Å². The third-order valence-corrected chi connectivity index (χ3v) is 6.27. The van der Waals surface area contributed by atoms with Crippen molar-refractivity contribution in [3.8, 4) is 0 Å². The van der Waals surface area contributed by atoms with Crippen LogP contribution in [0.15, 0.2) is 29.1 Å². The summed E-state index contributed by atoms with van der Waals surface area (Å²) in [4.78, 5) is 17.7. The maximum absolute atomic E-state index is 12.4. The van der Waals surface area contributed by atoms with Crippen LogP contribution in [0.25, 0.3) is 11.0 Å². The van der Waals surface area contributed by atoms with E-state index in [1.807, 2.05) is 28.8 Å². The summed E-state index contributed by atoms with van der Waals surface area (Å²) in [6, 6.07) is 8.17. The molecule has 136 valence electrons. The Balaban J connectivity index is 1.41. The SMILES string of the molecule is CC1CCC(O)(CN2CCC(n3c(=O)[nH]c4ccccc43)CC2)CC1. The molecule has 0 radical (unpaired) electrons. The highest BCUT2D eigenvalue weighted by atomic mass is 16.3. The summed E-state index contributed by atoms with van der Waals surface area (Å²) in [5.41, 5.74) is 1.42. The normalized spacial score (nSPS) is 29.3. The third-order valence-electron chi connectivity index (χ3n) is 6.27. The molecule has 1 aliphatic heterocycles. The highest BCUT2D eigenvalue weighted by molar-refractivity contribution is 5.75. The summed E-state index contributed by atoms with van der Waals surface area (Å²) in [6.07, 6.45) is 6.06. The lowest BCUT2D eigenvalue weighted by Crippen LogP contribution is -2.48. The average molecular weight is 343 g/mol. The number of aromatic amines is 1. The predicted octanol–water partition coefficient (Wildman–Crippen LogP) is 2.91. The Labute approximate surface area is 148 Å². The van der Waals surface area contributed by atoms with Crippen LogP contribution in [-0.4, -0.2) is 44.8 Å². The third kappa shape index (κ3) is 3.40. The van der Waals surface area contributed by atoms with E-state index in [2.05, 4.69) is 16.8 Å². The Bertz CT molecular complexity index is 778. The van der Waals surface area contributed by atoms with Gasteiger partial charge in [-0.1, -0.05) is 19.1 Å². The van der Waals surface area contributed by atoms with E-state index in [1.54, 1.807) is 0 Å². The molecule has 2 fully saturated rings. The maximum atomic E-state index is 12.4. The van der Waals surface area contributed by atoms with E-state index in [0.29, 0.717) is 0 Å². The van der Waals surface area contributed by atoms with Gasteiger partial charge < -0.3 is 15.0 Å². The molecule has 1 aromatic heterocycles. The smallest absolute Gasteiger partial charge is 0.326 e. The molecule has 1 aromatic carbocycles. The van der Waals surface area contributed by atoms with Crippen molar-refractivity contribution in [1.29, 1.82) is 0 Å². The van der Waals surface area contributed by atoms with Gasteiger partial charge in [0.2, 0.25) is 0 Å². The van der Waals surface area contributed by atoms with Crippen LogP contribution in [0.1, 0.15) is 51.5 Å². The van der Waals surface area contributed by atoms with Gasteiger partial charge in [0.15, 0.2) is 0 Å². The van der Waals surface area contributed by atoms with Crippen molar-refractivity contribution in [2.75, 3.05) is 19.6 Å². The summed E-state index contributed by atoms with van der Waals surface area (Å²) in [7, 11) is 0. The molecular formula is C20H29N3O2. The number of nitrogens with zero attached hydrogens (tertiary/aromatic N) is 2. The number of para-hydroxylation sites is 2. The van der Waals surface area contributed by atoms with Crippen LogP contribution in [0.5, 0.6) is 0 Å². The summed E-state index contributed by atoms with van der Waals surface area (Å²) in [5, 5.41) is 10.9. The van der Waals surface area contributed by atoms with Crippen molar-refractivity contribution in [2.45, 2.75) is 57.1 Å². The molecule has 5 nitrogen and oxygen atoms in total. The van der Waals surface area contributed by atoms with Gasteiger partial charge in [0.1, 0.15) is 0 Å². The molecule has 0 atom stereocenters. The number of likely N-dealkylation sites (tertiary alicyclic amines) is 1. The minimum Gasteiger partial charge on any atom is -0.389 e. The van der Waals surface area contributed by atoms with Crippen molar-refractivity contribution in [2.24, 2.45) is 5.92 Å². The summed E-state index contributed by atoms with van der Waals surface area (Å²) in [6.45, 7) is 4.97.